The smallest absolute Gasteiger partial charge is 0.400 e. The molecule has 2 aromatic rings. The van der Waals surface area contributed by atoms with Crippen LogP contribution < -0.4 is 4.74 Å². The van der Waals surface area contributed by atoms with E-state index in [9.17, 15) is 4.39 Å². The van der Waals surface area contributed by atoms with Crippen molar-refractivity contribution in [1.29, 1.82) is 0 Å². The summed E-state index contributed by atoms with van der Waals surface area (Å²) in [5.74, 6) is -0.452. The molecular weight excluding hydrogens is 532 g/mol. The molecule has 2 saturated carbocycles. The minimum atomic E-state index is -3.44. The summed E-state index contributed by atoms with van der Waals surface area (Å²) >= 11 is 0. The van der Waals surface area contributed by atoms with E-state index in [4.69, 9.17) is 14.2 Å². The second-order valence-corrected chi connectivity index (χ2v) is 12.4. The van der Waals surface area contributed by atoms with Gasteiger partial charge in [0.1, 0.15) is 17.4 Å². The van der Waals surface area contributed by atoms with Crippen LogP contribution in [0.1, 0.15) is 93.6 Å². The van der Waals surface area contributed by atoms with Gasteiger partial charge in [0.25, 0.3) is 0 Å². The molecule has 3 fully saturated rings. The van der Waals surface area contributed by atoms with Gasteiger partial charge in [-0.15, -0.1) is 6.58 Å². The lowest BCUT2D eigenvalue weighted by molar-refractivity contribution is -0.222. The Kier molecular flexibility index (Phi) is 9.75. The van der Waals surface area contributed by atoms with Crippen LogP contribution in [0.15, 0.2) is 49.1 Å². The van der Waals surface area contributed by atoms with Gasteiger partial charge in [-0.25, -0.2) is 8.78 Å². The van der Waals surface area contributed by atoms with Crippen LogP contribution in [0.3, 0.4) is 0 Å². The summed E-state index contributed by atoms with van der Waals surface area (Å²) in [6.45, 7) is 7.17. The van der Waals surface area contributed by atoms with Gasteiger partial charge in [-0.3, -0.25) is 0 Å². The number of hydrogen-bond acceptors (Lipinski definition) is 3. The number of allylic oxidation sites excluding steroid dienone is 1. The zero-order chi connectivity index (χ0) is 29.0. The van der Waals surface area contributed by atoms with Gasteiger partial charge >= 0.3 is 6.11 Å². The standard InChI is InChI=1S/C34H42F4O3/c1-3-4-5-25-12-16-29(19-31(25)35)41-34(37,38)28-14-10-24(11-15-28)30-17-13-26(18-32(30)36)33-39-20-27(21-40-33)23-8-6-22(2)7-9-23/h3,12-13,16-19,22-24,27-28,33H,1,4-11,14-15,20-21H2,2H3. The van der Waals surface area contributed by atoms with Gasteiger partial charge < -0.3 is 14.2 Å². The van der Waals surface area contributed by atoms with Gasteiger partial charge in [-0.05, 0) is 92.4 Å². The van der Waals surface area contributed by atoms with Crippen LogP contribution in [0.25, 0.3) is 0 Å². The molecule has 0 amide bonds. The first-order valence-electron chi connectivity index (χ1n) is 15.2. The summed E-state index contributed by atoms with van der Waals surface area (Å²) in [4.78, 5) is 0. The summed E-state index contributed by atoms with van der Waals surface area (Å²) in [6, 6.07) is 8.94. The maximum Gasteiger partial charge on any atom is 0.400 e. The van der Waals surface area contributed by atoms with E-state index in [0.29, 0.717) is 67.4 Å². The van der Waals surface area contributed by atoms with Gasteiger partial charge in [-0.2, -0.15) is 8.78 Å². The highest BCUT2D eigenvalue weighted by molar-refractivity contribution is 5.30. The third kappa shape index (κ3) is 7.34. The van der Waals surface area contributed by atoms with Crippen molar-refractivity contribution in [3.05, 3.63) is 77.4 Å². The summed E-state index contributed by atoms with van der Waals surface area (Å²) in [7, 11) is 0. The highest BCUT2D eigenvalue weighted by atomic mass is 19.3. The van der Waals surface area contributed by atoms with E-state index in [0.717, 1.165) is 12.0 Å². The first-order chi connectivity index (χ1) is 19.7. The van der Waals surface area contributed by atoms with Gasteiger partial charge in [-0.1, -0.05) is 44.0 Å². The van der Waals surface area contributed by atoms with Crippen molar-refractivity contribution in [1.82, 2.24) is 0 Å². The third-order valence-corrected chi connectivity index (χ3v) is 9.49. The molecule has 0 unspecified atom stereocenters. The average molecular weight is 575 g/mol. The largest absolute Gasteiger partial charge is 0.432 e. The molecule has 2 aromatic carbocycles. The van der Waals surface area contributed by atoms with E-state index < -0.39 is 24.1 Å². The Balaban J connectivity index is 1.12. The molecule has 1 aliphatic heterocycles. The number of hydrogen-bond donors (Lipinski definition) is 0. The number of ether oxygens (including phenoxy) is 3. The molecule has 2 aliphatic carbocycles. The molecule has 0 atom stereocenters. The first-order valence-corrected chi connectivity index (χ1v) is 15.2. The second kappa shape index (κ2) is 13.3. The SMILES string of the molecule is C=CCCc1ccc(OC(F)(F)C2CCC(c3ccc(C4OCC(C5CCC(C)CC5)CO4)cc3F)CC2)cc1F. The van der Waals surface area contributed by atoms with Crippen LogP contribution in [-0.2, 0) is 15.9 Å². The molecule has 41 heavy (non-hydrogen) atoms. The van der Waals surface area contributed by atoms with Crippen LogP contribution in [0.4, 0.5) is 17.6 Å². The predicted octanol–water partition coefficient (Wildman–Crippen LogP) is 9.52. The fourth-order valence-corrected chi connectivity index (χ4v) is 6.79. The Labute approximate surface area is 241 Å². The lowest BCUT2D eigenvalue weighted by Gasteiger charge is -2.37. The van der Waals surface area contributed by atoms with Crippen molar-refractivity contribution in [3.8, 4) is 5.75 Å². The fraction of sp³-hybridized carbons (Fsp3) is 0.588. The zero-order valence-corrected chi connectivity index (χ0v) is 23.9. The highest BCUT2D eigenvalue weighted by Gasteiger charge is 2.44. The first kappa shape index (κ1) is 30.1. The third-order valence-electron chi connectivity index (χ3n) is 9.49. The Morgan fingerprint density at radius 2 is 1.59 bits per heavy atom. The molecule has 0 aromatic heterocycles. The predicted molar refractivity (Wildman–Crippen MR) is 151 cm³/mol. The van der Waals surface area contributed by atoms with Crippen molar-refractivity contribution < 1.29 is 31.8 Å². The summed E-state index contributed by atoms with van der Waals surface area (Å²) < 4.78 is 76.6. The number of rotatable bonds is 9. The monoisotopic (exact) mass is 574 g/mol. The topological polar surface area (TPSA) is 27.7 Å². The van der Waals surface area contributed by atoms with E-state index >= 15 is 13.2 Å². The average Bonchev–Trinajstić information content (AvgIpc) is 2.97. The number of benzene rings is 2. The molecule has 0 bridgehead atoms. The van der Waals surface area contributed by atoms with E-state index in [1.165, 1.54) is 43.9 Å². The maximum atomic E-state index is 15.2. The van der Waals surface area contributed by atoms with Crippen molar-refractivity contribution in [2.45, 2.75) is 89.4 Å². The highest BCUT2D eigenvalue weighted by Crippen LogP contribution is 2.44. The van der Waals surface area contributed by atoms with E-state index in [1.54, 1.807) is 12.1 Å². The Morgan fingerprint density at radius 1 is 0.878 bits per heavy atom. The summed E-state index contributed by atoms with van der Waals surface area (Å²) in [6.07, 6.45) is 4.89. The van der Waals surface area contributed by atoms with E-state index in [2.05, 4.69) is 13.5 Å². The molecule has 1 saturated heterocycles. The molecule has 5 rings (SSSR count). The van der Waals surface area contributed by atoms with Crippen molar-refractivity contribution >= 4 is 0 Å². The van der Waals surface area contributed by atoms with Crippen LogP contribution >= 0.6 is 0 Å². The maximum absolute atomic E-state index is 15.2. The lowest BCUT2D eigenvalue weighted by atomic mass is 9.76. The quantitative estimate of drug-likeness (QED) is 0.221. The molecule has 3 nitrogen and oxygen atoms in total. The zero-order valence-electron chi connectivity index (χ0n) is 23.9. The molecule has 3 aliphatic rings. The van der Waals surface area contributed by atoms with E-state index in [-0.39, 0.29) is 30.3 Å². The molecule has 7 heteroatoms. The van der Waals surface area contributed by atoms with Gasteiger partial charge in [0.15, 0.2) is 6.29 Å². The molecule has 0 N–H and O–H groups in total. The van der Waals surface area contributed by atoms with E-state index in [1.807, 2.05) is 6.07 Å². The Bertz CT molecular complexity index is 1160. The second-order valence-electron chi connectivity index (χ2n) is 12.4. The number of aryl methyl sites for hydroxylation is 1. The van der Waals surface area contributed by atoms with Gasteiger partial charge in [0.05, 0.1) is 19.1 Å². The Hall–Kier alpha value is -2.38. The van der Waals surface area contributed by atoms with Crippen molar-refractivity contribution in [3.63, 3.8) is 0 Å². The van der Waals surface area contributed by atoms with Crippen LogP contribution in [-0.4, -0.2) is 19.3 Å². The molecular formula is C34H42F4O3. The summed E-state index contributed by atoms with van der Waals surface area (Å²) in [5.41, 5.74) is 1.63. The molecule has 224 valence electrons. The lowest BCUT2D eigenvalue weighted by Crippen LogP contribution is -2.37. The van der Waals surface area contributed by atoms with Crippen molar-refractivity contribution in [2.75, 3.05) is 13.2 Å². The Morgan fingerprint density at radius 3 is 2.22 bits per heavy atom. The van der Waals surface area contributed by atoms with Crippen LogP contribution in [0, 0.1) is 35.3 Å². The minimum Gasteiger partial charge on any atom is -0.432 e. The molecule has 1 heterocycles. The number of alkyl halides is 2. The van der Waals surface area contributed by atoms with Crippen molar-refractivity contribution in [2.24, 2.45) is 23.7 Å². The van der Waals surface area contributed by atoms with Crippen LogP contribution in [0.5, 0.6) is 5.75 Å². The van der Waals surface area contributed by atoms with Gasteiger partial charge in [0.2, 0.25) is 0 Å². The molecule has 0 radical (unpaired) electrons. The number of halogens is 4. The van der Waals surface area contributed by atoms with Gasteiger partial charge in [0, 0.05) is 17.5 Å². The summed E-state index contributed by atoms with van der Waals surface area (Å²) in [5, 5.41) is 0. The normalized spacial score (nSPS) is 29.2. The minimum absolute atomic E-state index is 0.149. The van der Waals surface area contributed by atoms with Crippen LogP contribution in [0.2, 0.25) is 0 Å². The fourth-order valence-electron chi connectivity index (χ4n) is 6.79. The molecule has 0 spiro atoms.